The summed E-state index contributed by atoms with van der Waals surface area (Å²) in [5.41, 5.74) is 8.12. The molecule has 2 fully saturated rings. The van der Waals surface area contributed by atoms with Gasteiger partial charge < -0.3 is 134 Å². The number of primary amides is 1. The zero-order valence-electron chi connectivity index (χ0n) is 64.9. The van der Waals surface area contributed by atoms with Crippen LogP contribution in [-0.2, 0) is 67.4 Å². The van der Waals surface area contributed by atoms with Crippen LogP contribution in [0.15, 0.2) is 138 Å². The van der Waals surface area contributed by atoms with Crippen LogP contribution in [0.3, 0.4) is 0 Å². The molecule has 0 spiro atoms. The molecule has 7 heterocycles. The molecule has 7 aliphatic rings. The van der Waals surface area contributed by atoms with Crippen molar-refractivity contribution in [2.45, 2.75) is 161 Å². The Balaban J connectivity index is 1.02. The number of likely N-dealkylation sites (N-methyl/N-ethyl adjacent to an activating group) is 1. The van der Waals surface area contributed by atoms with Gasteiger partial charge in [0.05, 0.1) is 52.8 Å². The molecular formula is C80H88Cl2N12O26S. The van der Waals surface area contributed by atoms with Crippen LogP contribution in [-0.4, -0.2) is 207 Å². The van der Waals surface area contributed by atoms with Crippen molar-refractivity contribution < 1.29 is 126 Å². The number of amides is 9. The average Bonchev–Trinajstić information content (AvgIpc) is 0.761. The van der Waals surface area contributed by atoms with Crippen LogP contribution in [0.5, 0.6) is 46.0 Å². The Morgan fingerprint density at radius 2 is 1.29 bits per heavy atom. The highest BCUT2D eigenvalue weighted by Gasteiger charge is 2.52. The van der Waals surface area contributed by atoms with Crippen molar-refractivity contribution in [1.82, 2.24) is 42.5 Å². The first-order valence-corrected chi connectivity index (χ1v) is 40.0. The van der Waals surface area contributed by atoms with Gasteiger partial charge in [0.1, 0.15) is 95.5 Å². The molecule has 7 aromatic rings. The zero-order valence-corrected chi connectivity index (χ0v) is 67.2. The standard InChI is InChI=1S/C80H88Cl2N12O26S/c1-33(2)21-47(85-5)72(106)92-63-65(101)36-12-19-51(45(81)23-36)116-53-25-38-26-54(69(53)120-79-70(68(104)67(103)55(32-95)118-79)119-58-30-80(4,84)71(105)34(3)115-58)117-52-20-13-37(24-46(52)82)66(102)64-78(112)91-62(74(108)86-31-57(100)87-39-14-16-40(17-15-39)94-121(113,114)42-9-7-6-8-10-42)44-27-41(96)28-50(98)59(44)43-22-35(11-18-49(43)97)60(75(109)93-64)90-76(110)61(38)89-73(107)48(29-56(83)99)88-77(63)111/h6-20,22-28,33-34,47-48,55,58,60-68,70-71,79,85,94-98,101-105H,21,29-32,84H2,1-5H3,(H2,83,99)(H,86,108)(H,87,100)(H,88,111)(H,89,107)(H,90,110)(H,91,112)(H,92,106)(H,93,109)/t34-,47+,48-,55+,58?,60+,61?,62?,63+,64-,65+,66+,67+,68-,70+,71+,79-,80-/m0/s1. The molecule has 23 N–H and O–H groups in total. The van der Waals surface area contributed by atoms with E-state index in [9.17, 15) is 78.3 Å². The van der Waals surface area contributed by atoms with Crippen LogP contribution in [0.4, 0.5) is 11.4 Å². The Kier molecular flexibility index (Phi) is 27.0. The summed E-state index contributed by atoms with van der Waals surface area (Å²) in [5.74, 6) is -16.8. The lowest BCUT2D eigenvalue weighted by Gasteiger charge is -2.47. The maximum Gasteiger partial charge on any atom is 0.261 e. The van der Waals surface area contributed by atoms with Gasteiger partial charge in [0.15, 0.2) is 23.9 Å². The predicted octanol–water partition coefficient (Wildman–Crippen LogP) is 1.58. The van der Waals surface area contributed by atoms with Crippen molar-refractivity contribution in [1.29, 1.82) is 0 Å². The van der Waals surface area contributed by atoms with Crippen molar-refractivity contribution in [3.05, 3.63) is 171 Å². The number of ether oxygens (including phenoxy) is 6. The number of nitrogens with two attached hydrogens (primary N) is 2. The highest BCUT2D eigenvalue weighted by Crippen LogP contribution is 2.50. The van der Waals surface area contributed by atoms with Crippen molar-refractivity contribution in [2.24, 2.45) is 17.4 Å². The number of aliphatic hydroxyl groups is 6. The first-order chi connectivity index (χ1) is 57.3. The highest BCUT2D eigenvalue weighted by molar-refractivity contribution is 7.92. The van der Waals surface area contributed by atoms with Crippen LogP contribution in [0.2, 0.25) is 10.0 Å². The van der Waals surface area contributed by atoms with Crippen LogP contribution in [0, 0.1) is 5.92 Å². The highest BCUT2D eigenvalue weighted by atomic mass is 35.5. The van der Waals surface area contributed by atoms with Crippen molar-refractivity contribution in [2.75, 3.05) is 30.2 Å². The molecule has 9 amide bonds. The molecule has 11 bridgehead atoms. The Labute approximate surface area is 699 Å². The molecule has 18 atom stereocenters. The van der Waals surface area contributed by atoms with E-state index in [-0.39, 0.29) is 56.9 Å². The van der Waals surface area contributed by atoms with E-state index in [0.717, 1.165) is 66.7 Å². The quantitative estimate of drug-likeness (QED) is 0.0546. The number of sulfonamides is 1. The third kappa shape index (κ3) is 19.9. The van der Waals surface area contributed by atoms with E-state index in [2.05, 4.69) is 52.6 Å². The number of phenols is 3. The predicted molar refractivity (Wildman–Crippen MR) is 427 cm³/mol. The van der Waals surface area contributed by atoms with Gasteiger partial charge in [-0.15, -0.1) is 0 Å². The lowest BCUT2D eigenvalue weighted by molar-refractivity contribution is -0.333. The Morgan fingerprint density at radius 1 is 0.678 bits per heavy atom. The van der Waals surface area contributed by atoms with Gasteiger partial charge in [0.2, 0.25) is 65.2 Å². The fraction of sp³-hybridized carbons (Fsp3) is 0.362. The molecule has 3 unspecified atom stereocenters. The SMILES string of the molecule is CN[C@H](CC(C)C)C(=O)N[C@H]1C(=O)N[C@@H](CC(N)=O)C(=O)NC2C(=O)N[C@H]3C(=O)N[C@H](C(=O)NC(C(=O)NCC(=O)Nc4ccc(NS(=O)(=O)c5ccccc5)cc4)c4cc(O)cc(O)c4-c4cc3ccc4O)[C@H](O)c3ccc(c(Cl)c3)Oc3cc2cc(c3O[C@@H]2O[C@H](CO)[C@@H](O)[C@H](O)[C@H]2OC2C[C@](C)(N)[C@H](O)[C@H](C)O2)Oc2ccc(cc2Cl)[C@H]1O. The number of carbonyl (C=O) groups excluding carboxylic acids is 9. The number of nitrogens with one attached hydrogen (secondary N) is 10. The van der Waals surface area contributed by atoms with Gasteiger partial charge >= 0.3 is 0 Å². The lowest BCUT2D eigenvalue weighted by atomic mass is 9.86. The maximum atomic E-state index is 16.3. The van der Waals surface area contributed by atoms with Crippen LogP contribution in [0.1, 0.15) is 105 Å². The van der Waals surface area contributed by atoms with E-state index in [1.165, 1.54) is 81.6 Å². The van der Waals surface area contributed by atoms with E-state index in [1.807, 2.05) is 13.8 Å². The van der Waals surface area contributed by atoms with E-state index >= 15 is 19.2 Å². The number of phenolic OH excluding ortho intramolecular Hbond substituents is 3. The Hall–Kier alpha value is -11.5. The Bertz CT molecular complexity index is 5270. The third-order valence-electron chi connectivity index (χ3n) is 20.7. The number of carbonyl (C=O) groups is 9. The molecule has 0 saturated carbocycles. The van der Waals surface area contributed by atoms with E-state index < -0.39 is 265 Å². The van der Waals surface area contributed by atoms with E-state index in [0.29, 0.717) is 0 Å². The molecule has 41 heteroatoms. The smallest absolute Gasteiger partial charge is 0.261 e. The van der Waals surface area contributed by atoms with Crippen molar-refractivity contribution in [3.8, 4) is 57.1 Å². The Morgan fingerprint density at radius 3 is 1.90 bits per heavy atom. The minimum absolute atomic E-state index is 0.0318. The molecule has 121 heavy (non-hydrogen) atoms. The van der Waals surface area contributed by atoms with Crippen LogP contribution in [0.25, 0.3) is 11.1 Å². The zero-order chi connectivity index (χ0) is 87.5. The summed E-state index contributed by atoms with van der Waals surface area (Å²) in [6.07, 6.45) is -19.0. The molecule has 0 aliphatic carbocycles. The van der Waals surface area contributed by atoms with E-state index in [4.69, 9.17) is 63.1 Å². The van der Waals surface area contributed by atoms with E-state index in [1.54, 1.807) is 6.07 Å². The molecule has 0 aromatic heterocycles. The molecule has 38 nitrogen and oxygen atoms in total. The summed E-state index contributed by atoms with van der Waals surface area (Å²) in [6.45, 7) is 4.70. The molecule has 644 valence electrons. The second-order valence-corrected chi connectivity index (χ2v) is 32.6. The lowest BCUT2D eigenvalue weighted by Crippen LogP contribution is -2.64. The number of rotatable bonds is 19. The first-order valence-electron chi connectivity index (χ1n) is 37.8. The second-order valence-electron chi connectivity index (χ2n) is 30.1. The van der Waals surface area contributed by atoms with Gasteiger partial charge in [-0.3, -0.25) is 47.9 Å². The fourth-order valence-electron chi connectivity index (χ4n) is 14.4. The number of hydrogen-bond donors (Lipinski definition) is 21. The minimum atomic E-state index is -4.03. The molecule has 2 saturated heterocycles. The topological polar surface area (TPSA) is 598 Å². The van der Waals surface area contributed by atoms with Gasteiger partial charge in [0, 0.05) is 40.5 Å². The van der Waals surface area contributed by atoms with Crippen LogP contribution >= 0.6 is 23.2 Å². The van der Waals surface area contributed by atoms with Crippen molar-refractivity contribution in [3.63, 3.8) is 0 Å². The number of anilines is 2. The summed E-state index contributed by atoms with van der Waals surface area (Å²) >= 11 is 14.3. The average molecular weight is 1740 g/mol. The molecule has 7 aliphatic heterocycles. The maximum absolute atomic E-state index is 16.3. The summed E-state index contributed by atoms with van der Waals surface area (Å²) in [4.78, 5) is 134. The molecule has 0 radical (unpaired) electrons. The van der Waals surface area contributed by atoms with Gasteiger partial charge in [-0.1, -0.05) is 73.4 Å². The minimum Gasteiger partial charge on any atom is -0.508 e. The molecule has 7 aromatic carbocycles. The monoisotopic (exact) mass is 1730 g/mol. The second kappa shape index (κ2) is 36.8. The van der Waals surface area contributed by atoms with Gasteiger partial charge in [-0.25, -0.2) is 8.42 Å². The third-order valence-corrected chi connectivity index (χ3v) is 22.7. The number of aliphatic hydroxyl groups excluding tert-OH is 6. The van der Waals surface area contributed by atoms with Crippen molar-refractivity contribution >= 4 is 97.8 Å². The summed E-state index contributed by atoms with van der Waals surface area (Å²) < 4.78 is 67.1. The van der Waals surface area contributed by atoms with Gasteiger partial charge in [-0.05, 0) is 152 Å². The summed E-state index contributed by atoms with van der Waals surface area (Å²) in [5, 5.41) is 127. The molecule has 14 rings (SSSR count). The number of halogens is 2. The largest absolute Gasteiger partial charge is 0.508 e. The van der Waals surface area contributed by atoms with Gasteiger partial charge in [-0.2, -0.15) is 0 Å². The van der Waals surface area contributed by atoms with Crippen LogP contribution < -0.4 is 78.3 Å². The van der Waals surface area contributed by atoms with Gasteiger partial charge in [0.25, 0.3) is 10.0 Å². The fourth-order valence-corrected chi connectivity index (χ4v) is 16.0. The summed E-state index contributed by atoms with van der Waals surface area (Å²) in [6, 6.07) is 11.8. The number of aromatic hydroxyl groups is 3. The number of benzene rings is 7. The first kappa shape index (κ1) is 88.7. The summed E-state index contributed by atoms with van der Waals surface area (Å²) in [7, 11) is -2.57. The normalized spacial score (nSPS) is 26.5. The molecular weight excluding hydrogens is 1650 g/mol. The number of fused-ring (bicyclic) bond motifs is 15. The number of hydrogen-bond acceptors (Lipinski definition) is 28.